The maximum Gasteiger partial charge on any atom is 0.299 e. The van der Waals surface area contributed by atoms with Crippen LogP contribution in [0, 0.1) is 5.92 Å². The van der Waals surface area contributed by atoms with Gasteiger partial charge in [-0.1, -0.05) is 24.6 Å². The zero-order valence-electron chi connectivity index (χ0n) is 12.9. The van der Waals surface area contributed by atoms with Crippen molar-refractivity contribution in [1.82, 2.24) is 5.32 Å². The maximum atomic E-state index is 12.1. The number of rotatable bonds is 4. The minimum Gasteiger partial charge on any atom is -0.312 e. The minimum atomic E-state index is -0.508. The topological polar surface area (TPSA) is 49.4 Å². The number of Topliss-reactive ketones (excluding diaryl/α,β-unsaturated/α-hetero) is 1. The molecule has 0 saturated carbocycles. The molecule has 1 amide bonds. The molecule has 1 aromatic rings. The largest absolute Gasteiger partial charge is 0.312 e. The molecular formula is C16H21ClN2O2. The number of hydrogen-bond acceptors (Lipinski definition) is 3. The summed E-state index contributed by atoms with van der Waals surface area (Å²) in [6, 6.07) is 5.17. The zero-order chi connectivity index (χ0) is 15.8. The average molecular weight is 309 g/mol. The van der Waals surface area contributed by atoms with Crippen molar-refractivity contribution in [2.45, 2.75) is 33.2 Å². The Hall–Kier alpha value is -1.39. The summed E-state index contributed by atoms with van der Waals surface area (Å²) in [5.41, 5.74) is 0.987. The van der Waals surface area contributed by atoms with Gasteiger partial charge in [0.05, 0.1) is 16.3 Å². The lowest BCUT2D eigenvalue weighted by atomic mass is 10.1. The number of amides is 1. The predicted octanol–water partition coefficient (Wildman–Crippen LogP) is 2.89. The van der Waals surface area contributed by atoms with Crippen molar-refractivity contribution in [1.29, 1.82) is 0 Å². The van der Waals surface area contributed by atoms with Crippen LogP contribution < -0.4 is 10.2 Å². The second-order valence-corrected chi connectivity index (χ2v) is 7.02. The molecule has 0 aliphatic carbocycles. The standard InChI is InChI=1S/C16H21ClN2O2/c1-10(8-18-16(2,3)4)9-19-12-7-5-6-11(17)13(12)14(20)15(19)21/h5-7,10,18H,8-9H2,1-4H3. The molecule has 0 aromatic heterocycles. The van der Waals surface area contributed by atoms with Gasteiger partial charge in [0, 0.05) is 12.1 Å². The number of fused-ring (bicyclic) bond motifs is 1. The van der Waals surface area contributed by atoms with Crippen LogP contribution in [-0.4, -0.2) is 30.3 Å². The minimum absolute atomic E-state index is 0.0281. The Morgan fingerprint density at radius 3 is 2.57 bits per heavy atom. The van der Waals surface area contributed by atoms with Crippen LogP contribution in [0.5, 0.6) is 0 Å². The van der Waals surface area contributed by atoms with Crippen molar-refractivity contribution in [3.8, 4) is 0 Å². The van der Waals surface area contributed by atoms with Crippen LogP contribution in [0.3, 0.4) is 0 Å². The molecular weight excluding hydrogens is 288 g/mol. The van der Waals surface area contributed by atoms with E-state index in [0.717, 1.165) is 6.54 Å². The molecule has 2 rings (SSSR count). The van der Waals surface area contributed by atoms with Crippen LogP contribution in [0.1, 0.15) is 38.1 Å². The SMILES string of the molecule is CC(CNC(C)(C)C)CN1C(=O)C(=O)c2c(Cl)cccc21. The van der Waals surface area contributed by atoms with E-state index in [9.17, 15) is 9.59 Å². The van der Waals surface area contributed by atoms with Gasteiger partial charge in [0.1, 0.15) is 0 Å². The molecule has 114 valence electrons. The van der Waals surface area contributed by atoms with Crippen LogP contribution in [-0.2, 0) is 4.79 Å². The lowest BCUT2D eigenvalue weighted by molar-refractivity contribution is -0.114. The number of carbonyl (C=O) groups excluding carboxylic acids is 2. The quantitative estimate of drug-likeness (QED) is 0.870. The van der Waals surface area contributed by atoms with E-state index in [1.807, 2.05) is 0 Å². The van der Waals surface area contributed by atoms with Crippen molar-refractivity contribution in [3.63, 3.8) is 0 Å². The lowest BCUT2D eigenvalue weighted by Gasteiger charge is -2.26. The van der Waals surface area contributed by atoms with Gasteiger partial charge >= 0.3 is 0 Å². The Morgan fingerprint density at radius 2 is 1.95 bits per heavy atom. The Morgan fingerprint density at radius 1 is 1.29 bits per heavy atom. The highest BCUT2D eigenvalue weighted by atomic mass is 35.5. The third-order valence-corrected chi connectivity index (χ3v) is 3.74. The van der Waals surface area contributed by atoms with E-state index in [2.05, 4.69) is 33.0 Å². The lowest BCUT2D eigenvalue weighted by Crippen LogP contribution is -2.42. The molecule has 1 heterocycles. The highest BCUT2D eigenvalue weighted by molar-refractivity contribution is 6.55. The molecule has 5 heteroatoms. The number of carbonyl (C=O) groups is 2. The summed E-state index contributed by atoms with van der Waals surface area (Å²) in [5.74, 6) is -0.766. The number of halogens is 1. The van der Waals surface area contributed by atoms with E-state index in [1.165, 1.54) is 0 Å². The third kappa shape index (κ3) is 3.44. The van der Waals surface area contributed by atoms with Crippen LogP contribution in [0.25, 0.3) is 0 Å². The number of nitrogens with zero attached hydrogens (tertiary/aromatic N) is 1. The summed E-state index contributed by atoms with van der Waals surface area (Å²) >= 11 is 6.04. The van der Waals surface area contributed by atoms with Crippen molar-refractivity contribution in [3.05, 3.63) is 28.8 Å². The first-order chi connectivity index (χ1) is 9.70. The summed E-state index contributed by atoms with van der Waals surface area (Å²) in [6.45, 7) is 9.62. The van der Waals surface area contributed by atoms with Gasteiger partial charge in [-0.05, 0) is 45.4 Å². The molecule has 1 unspecified atom stereocenters. The van der Waals surface area contributed by atoms with Gasteiger partial charge in [-0.25, -0.2) is 0 Å². The van der Waals surface area contributed by atoms with Crippen LogP contribution >= 0.6 is 11.6 Å². The molecule has 0 radical (unpaired) electrons. The van der Waals surface area contributed by atoms with Gasteiger partial charge in [-0.2, -0.15) is 0 Å². The third-order valence-electron chi connectivity index (χ3n) is 3.42. The summed E-state index contributed by atoms with van der Waals surface area (Å²) in [5, 5.41) is 3.75. The smallest absolute Gasteiger partial charge is 0.299 e. The molecule has 0 saturated heterocycles. The van der Waals surface area contributed by atoms with Gasteiger partial charge in [0.15, 0.2) is 0 Å². The van der Waals surface area contributed by atoms with Crippen molar-refractivity contribution < 1.29 is 9.59 Å². The second-order valence-electron chi connectivity index (χ2n) is 6.61. The first kappa shape index (κ1) is 16.0. The molecule has 1 atom stereocenters. The normalized spacial score (nSPS) is 16.3. The zero-order valence-corrected chi connectivity index (χ0v) is 13.6. The van der Waals surface area contributed by atoms with E-state index >= 15 is 0 Å². The van der Waals surface area contributed by atoms with Crippen LogP contribution in [0.15, 0.2) is 18.2 Å². The number of benzene rings is 1. The van der Waals surface area contributed by atoms with Crippen molar-refractivity contribution in [2.24, 2.45) is 5.92 Å². The molecule has 0 fully saturated rings. The second kappa shape index (κ2) is 5.78. The Balaban J connectivity index is 2.13. The molecule has 0 bridgehead atoms. The summed E-state index contributed by atoms with van der Waals surface area (Å²) in [7, 11) is 0. The van der Waals surface area contributed by atoms with Crippen molar-refractivity contribution in [2.75, 3.05) is 18.0 Å². The highest BCUT2D eigenvalue weighted by Crippen LogP contribution is 2.34. The van der Waals surface area contributed by atoms with E-state index in [0.29, 0.717) is 22.8 Å². The fourth-order valence-corrected chi connectivity index (χ4v) is 2.59. The maximum absolute atomic E-state index is 12.1. The van der Waals surface area contributed by atoms with Gasteiger partial charge < -0.3 is 10.2 Å². The van der Waals surface area contributed by atoms with E-state index < -0.39 is 11.7 Å². The predicted molar refractivity (Wildman–Crippen MR) is 85.1 cm³/mol. The highest BCUT2D eigenvalue weighted by Gasteiger charge is 2.37. The van der Waals surface area contributed by atoms with Gasteiger partial charge in [-0.15, -0.1) is 0 Å². The number of ketones is 1. The first-order valence-electron chi connectivity index (χ1n) is 7.10. The van der Waals surface area contributed by atoms with Gasteiger partial charge in [0.2, 0.25) is 0 Å². The number of hydrogen-bond donors (Lipinski definition) is 1. The molecule has 4 nitrogen and oxygen atoms in total. The Kier molecular flexibility index (Phi) is 4.40. The summed E-state index contributed by atoms with van der Waals surface area (Å²) in [6.07, 6.45) is 0. The van der Waals surface area contributed by atoms with E-state index in [1.54, 1.807) is 23.1 Å². The monoisotopic (exact) mass is 308 g/mol. The molecule has 1 aromatic carbocycles. The Bertz CT molecular complexity index is 578. The fourth-order valence-electron chi connectivity index (χ4n) is 2.34. The number of anilines is 1. The van der Waals surface area contributed by atoms with Gasteiger partial charge in [-0.3, -0.25) is 9.59 Å². The fraction of sp³-hybridized carbons (Fsp3) is 0.500. The molecule has 21 heavy (non-hydrogen) atoms. The summed E-state index contributed by atoms with van der Waals surface area (Å²) in [4.78, 5) is 25.7. The molecule has 1 aliphatic rings. The Labute approximate surface area is 130 Å². The first-order valence-corrected chi connectivity index (χ1v) is 7.48. The van der Waals surface area contributed by atoms with Gasteiger partial charge in [0.25, 0.3) is 11.7 Å². The molecule has 1 N–H and O–H groups in total. The van der Waals surface area contributed by atoms with Crippen LogP contribution in [0.2, 0.25) is 5.02 Å². The van der Waals surface area contributed by atoms with Crippen LogP contribution in [0.4, 0.5) is 5.69 Å². The summed E-state index contributed by atoms with van der Waals surface area (Å²) < 4.78 is 0. The average Bonchev–Trinajstić information content (AvgIpc) is 2.62. The number of nitrogens with one attached hydrogen (secondary N) is 1. The molecule has 0 spiro atoms. The van der Waals surface area contributed by atoms with E-state index in [4.69, 9.17) is 11.6 Å². The van der Waals surface area contributed by atoms with Crippen molar-refractivity contribution >= 4 is 29.0 Å². The van der Waals surface area contributed by atoms with E-state index in [-0.39, 0.29) is 11.5 Å². The molecule has 1 aliphatic heterocycles.